The topological polar surface area (TPSA) is 72.6 Å². The summed E-state index contributed by atoms with van der Waals surface area (Å²) < 4.78 is 5.45. The summed E-state index contributed by atoms with van der Waals surface area (Å²) in [5.41, 5.74) is 5.54. The Morgan fingerprint density at radius 1 is 1.60 bits per heavy atom. The minimum atomic E-state index is -0.488. The van der Waals surface area contributed by atoms with Crippen LogP contribution in [0, 0.1) is 0 Å². The lowest BCUT2D eigenvalue weighted by molar-refractivity contribution is 0.0996. The average molecular weight is 209 g/mol. The maximum Gasteiger partial charge on any atom is 0.248 e. The van der Waals surface area contributed by atoms with E-state index in [9.17, 15) is 4.79 Å². The molecule has 3 N–H and O–H groups in total. The molecular formula is C11H15NO3. The normalized spacial score (nSPS) is 12.1. The molecule has 1 aromatic carbocycles. The molecule has 0 aromatic heterocycles. The standard InChI is InChI=1S/C11H15NO3/c1-2-9(7-13)15-10-5-3-4-8(6-10)11(12)14/h3-6,9,13H,2,7H2,1H3,(H2,12,14)/t9-/m0/s1. The molecule has 0 unspecified atom stereocenters. The number of hydrogen-bond acceptors (Lipinski definition) is 3. The van der Waals surface area contributed by atoms with Gasteiger partial charge in [0.25, 0.3) is 0 Å². The van der Waals surface area contributed by atoms with Gasteiger partial charge in [0.1, 0.15) is 11.9 Å². The Balaban J connectivity index is 2.77. The first-order valence-electron chi connectivity index (χ1n) is 4.84. The van der Waals surface area contributed by atoms with Gasteiger partial charge in [-0.25, -0.2) is 0 Å². The molecule has 82 valence electrons. The van der Waals surface area contributed by atoms with E-state index in [1.165, 1.54) is 0 Å². The number of rotatable bonds is 5. The molecule has 0 saturated heterocycles. The van der Waals surface area contributed by atoms with Crippen molar-refractivity contribution in [3.05, 3.63) is 29.8 Å². The van der Waals surface area contributed by atoms with Gasteiger partial charge in [-0.15, -0.1) is 0 Å². The Bertz CT molecular complexity index is 334. The third-order valence-electron chi connectivity index (χ3n) is 2.08. The quantitative estimate of drug-likeness (QED) is 0.757. The van der Waals surface area contributed by atoms with Crippen molar-refractivity contribution in [3.8, 4) is 5.75 Å². The number of carbonyl (C=O) groups excluding carboxylic acids is 1. The number of aliphatic hydroxyl groups is 1. The van der Waals surface area contributed by atoms with Crippen LogP contribution in [0.1, 0.15) is 23.7 Å². The molecule has 4 heteroatoms. The minimum absolute atomic E-state index is 0.0443. The SMILES string of the molecule is CC[C@@H](CO)Oc1cccc(C(N)=O)c1. The van der Waals surface area contributed by atoms with Gasteiger partial charge in [-0.1, -0.05) is 13.0 Å². The summed E-state index contributed by atoms with van der Waals surface area (Å²) in [7, 11) is 0. The second kappa shape index (κ2) is 5.36. The number of hydrogen-bond donors (Lipinski definition) is 2. The lowest BCUT2D eigenvalue weighted by Gasteiger charge is -2.14. The zero-order valence-corrected chi connectivity index (χ0v) is 8.64. The molecule has 1 aromatic rings. The molecule has 4 nitrogen and oxygen atoms in total. The highest BCUT2D eigenvalue weighted by molar-refractivity contribution is 5.93. The van der Waals surface area contributed by atoms with Crippen molar-refractivity contribution < 1.29 is 14.6 Å². The summed E-state index contributed by atoms with van der Waals surface area (Å²) >= 11 is 0. The number of nitrogens with two attached hydrogens (primary N) is 1. The summed E-state index contributed by atoms with van der Waals surface area (Å²) in [5, 5.41) is 8.95. The molecule has 1 atom stereocenters. The molecule has 0 aliphatic carbocycles. The van der Waals surface area contributed by atoms with Gasteiger partial charge in [0, 0.05) is 5.56 Å². The zero-order chi connectivity index (χ0) is 11.3. The predicted molar refractivity (Wildman–Crippen MR) is 56.8 cm³/mol. The third-order valence-corrected chi connectivity index (χ3v) is 2.08. The lowest BCUT2D eigenvalue weighted by atomic mass is 10.2. The van der Waals surface area contributed by atoms with Crippen molar-refractivity contribution in [2.24, 2.45) is 5.73 Å². The summed E-state index contributed by atoms with van der Waals surface area (Å²) in [6, 6.07) is 6.61. The molecule has 1 amide bonds. The molecule has 0 aliphatic heterocycles. The smallest absolute Gasteiger partial charge is 0.248 e. The van der Waals surface area contributed by atoms with Crippen LogP contribution in [0.25, 0.3) is 0 Å². The van der Waals surface area contributed by atoms with E-state index in [4.69, 9.17) is 15.6 Å². The van der Waals surface area contributed by atoms with E-state index < -0.39 is 5.91 Å². The molecule has 0 spiro atoms. The fourth-order valence-corrected chi connectivity index (χ4v) is 1.16. The van der Waals surface area contributed by atoms with Crippen molar-refractivity contribution in [2.75, 3.05) is 6.61 Å². The molecule has 0 saturated carbocycles. The van der Waals surface area contributed by atoms with E-state index in [2.05, 4.69) is 0 Å². The van der Waals surface area contributed by atoms with Gasteiger partial charge >= 0.3 is 0 Å². The van der Waals surface area contributed by atoms with Gasteiger partial charge in [0.05, 0.1) is 6.61 Å². The highest BCUT2D eigenvalue weighted by Crippen LogP contribution is 2.15. The van der Waals surface area contributed by atoms with Gasteiger partial charge in [-0.2, -0.15) is 0 Å². The van der Waals surface area contributed by atoms with Crippen LogP contribution >= 0.6 is 0 Å². The fraction of sp³-hybridized carbons (Fsp3) is 0.364. The molecule has 15 heavy (non-hydrogen) atoms. The van der Waals surface area contributed by atoms with E-state index in [1.54, 1.807) is 24.3 Å². The van der Waals surface area contributed by atoms with Crippen LogP contribution in [-0.2, 0) is 0 Å². The molecule has 0 radical (unpaired) electrons. The maximum atomic E-state index is 10.9. The first kappa shape index (κ1) is 11.5. The Hall–Kier alpha value is -1.55. The van der Waals surface area contributed by atoms with E-state index in [-0.39, 0.29) is 12.7 Å². The second-order valence-electron chi connectivity index (χ2n) is 3.22. The summed E-state index contributed by atoms with van der Waals surface area (Å²) in [4.78, 5) is 10.9. The first-order valence-corrected chi connectivity index (χ1v) is 4.84. The van der Waals surface area contributed by atoms with Gasteiger partial charge in [-0.3, -0.25) is 4.79 Å². The average Bonchev–Trinajstić information content (AvgIpc) is 2.26. The summed E-state index contributed by atoms with van der Waals surface area (Å²) in [6.45, 7) is 1.87. The first-order chi connectivity index (χ1) is 7.17. The van der Waals surface area contributed by atoms with Crippen molar-refractivity contribution in [1.82, 2.24) is 0 Å². The monoisotopic (exact) mass is 209 g/mol. The minimum Gasteiger partial charge on any atom is -0.488 e. The van der Waals surface area contributed by atoms with Crippen LogP contribution < -0.4 is 10.5 Å². The largest absolute Gasteiger partial charge is 0.488 e. The van der Waals surface area contributed by atoms with Gasteiger partial charge in [0.15, 0.2) is 0 Å². The number of ether oxygens (including phenoxy) is 1. The molecule has 1 rings (SSSR count). The summed E-state index contributed by atoms with van der Waals surface area (Å²) in [5.74, 6) is 0.0599. The molecule has 0 fully saturated rings. The second-order valence-corrected chi connectivity index (χ2v) is 3.22. The predicted octanol–water partition coefficient (Wildman–Crippen LogP) is 0.935. The number of primary amides is 1. The zero-order valence-electron chi connectivity index (χ0n) is 8.64. The van der Waals surface area contributed by atoms with Crippen LogP contribution in [-0.4, -0.2) is 23.7 Å². The van der Waals surface area contributed by atoms with Crippen LogP contribution in [0.5, 0.6) is 5.75 Å². The summed E-state index contributed by atoms with van der Waals surface area (Å²) in [6.07, 6.45) is 0.463. The molecule has 0 aliphatic rings. The molecule has 0 bridgehead atoms. The highest BCUT2D eigenvalue weighted by atomic mass is 16.5. The Kier molecular flexibility index (Phi) is 4.12. The van der Waals surface area contributed by atoms with E-state index in [1.807, 2.05) is 6.92 Å². The third kappa shape index (κ3) is 3.25. The van der Waals surface area contributed by atoms with Gasteiger partial charge in [0.2, 0.25) is 5.91 Å². The highest BCUT2D eigenvalue weighted by Gasteiger charge is 2.07. The van der Waals surface area contributed by atoms with Crippen molar-refractivity contribution in [1.29, 1.82) is 0 Å². The Morgan fingerprint density at radius 3 is 2.87 bits per heavy atom. The lowest BCUT2D eigenvalue weighted by Crippen LogP contribution is -2.20. The number of benzene rings is 1. The van der Waals surface area contributed by atoms with Gasteiger partial charge < -0.3 is 15.6 Å². The van der Waals surface area contributed by atoms with Gasteiger partial charge in [-0.05, 0) is 24.6 Å². The Morgan fingerprint density at radius 2 is 2.33 bits per heavy atom. The number of carbonyl (C=O) groups is 1. The molecule has 0 heterocycles. The van der Waals surface area contributed by atoms with E-state index in [0.717, 1.165) is 0 Å². The molecular weight excluding hydrogens is 194 g/mol. The fourth-order valence-electron chi connectivity index (χ4n) is 1.16. The van der Waals surface area contributed by atoms with Crippen molar-refractivity contribution >= 4 is 5.91 Å². The van der Waals surface area contributed by atoms with Crippen molar-refractivity contribution in [2.45, 2.75) is 19.4 Å². The Labute approximate surface area is 88.7 Å². The van der Waals surface area contributed by atoms with Crippen LogP contribution in [0.15, 0.2) is 24.3 Å². The number of amides is 1. The maximum absolute atomic E-state index is 10.9. The van der Waals surface area contributed by atoms with E-state index in [0.29, 0.717) is 17.7 Å². The van der Waals surface area contributed by atoms with Crippen molar-refractivity contribution in [3.63, 3.8) is 0 Å². The van der Waals surface area contributed by atoms with Crippen LogP contribution in [0.2, 0.25) is 0 Å². The van der Waals surface area contributed by atoms with E-state index >= 15 is 0 Å². The number of aliphatic hydroxyl groups excluding tert-OH is 1. The van der Waals surface area contributed by atoms with Crippen LogP contribution in [0.4, 0.5) is 0 Å². The van der Waals surface area contributed by atoms with Crippen LogP contribution in [0.3, 0.4) is 0 Å².